The average molecular weight is 406 g/mol. The van der Waals surface area contributed by atoms with Gasteiger partial charge in [0, 0.05) is 5.41 Å². The third-order valence-electron chi connectivity index (χ3n) is 5.49. The minimum Gasteiger partial charge on any atom is -0.496 e. The molecule has 146 valence electrons. The smallest absolute Gasteiger partial charge is 0.210 e. The maximum Gasteiger partial charge on any atom is 0.210 e. The number of benzene rings is 1. The maximum absolute atomic E-state index is 5.62. The van der Waals surface area contributed by atoms with Gasteiger partial charge in [-0.25, -0.2) is 0 Å². The molecule has 1 heterocycles. The van der Waals surface area contributed by atoms with Crippen LogP contribution in [-0.2, 0) is 5.41 Å². The summed E-state index contributed by atoms with van der Waals surface area (Å²) in [5.41, 5.74) is 0.895. The van der Waals surface area contributed by atoms with Gasteiger partial charge in [-0.05, 0) is 31.4 Å². The predicted molar refractivity (Wildman–Crippen MR) is 114 cm³/mol. The Labute approximate surface area is 170 Å². The largest absolute Gasteiger partial charge is 0.496 e. The Hall–Kier alpha value is -1.73. The van der Waals surface area contributed by atoms with E-state index in [0.29, 0.717) is 16.5 Å². The number of aromatic nitrogens is 2. The van der Waals surface area contributed by atoms with Crippen LogP contribution in [-0.4, -0.2) is 29.4 Å². The fourth-order valence-electron chi connectivity index (χ4n) is 3.85. The average Bonchev–Trinajstić information content (AvgIpc) is 3.03. The lowest BCUT2D eigenvalue weighted by atomic mass is 9.79. The molecule has 1 aliphatic carbocycles. The van der Waals surface area contributed by atoms with Gasteiger partial charge in [0.05, 0.1) is 19.8 Å². The molecule has 3 rings (SSSR count). The molecular formula is C20H27N3O2S2. The molecule has 2 aromatic rings. The Balaban J connectivity index is 1.83. The van der Waals surface area contributed by atoms with Crippen LogP contribution in [0.5, 0.6) is 11.5 Å². The number of methoxy groups -OCH3 is 2. The van der Waals surface area contributed by atoms with Crippen LogP contribution in [0.4, 0.5) is 5.13 Å². The second kappa shape index (κ2) is 8.97. The first kappa shape index (κ1) is 20.0. The molecule has 0 unspecified atom stereocenters. The molecule has 1 N–H and O–H groups in total. The number of ether oxygens (including phenoxy) is 2. The van der Waals surface area contributed by atoms with Gasteiger partial charge in [-0.3, -0.25) is 0 Å². The number of rotatable bonds is 6. The van der Waals surface area contributed by atoms with E-state index in [1.54, 1.807) is 25.6 Å². The number of anilines is 1. The first-order valence-electron chi connectivity index (χ1n) is 9.50. The van der Waals surface area contributed by atoms with Gasteiger partial charge in [0.15, 0.2) is 0 Å². The number of nitrogens with one attached hydrogen (secondary N) is 1. The summed E-state index contributed by atoms with van der Waals surface area (Å²) in [4.78, 5) is 0.526. The van der Waals surface area contributed by atoms with Crippen molar-refractivity contribution in [2.45, 2.75) is 57.3 Å². The summed E-state index contributed by atoms with van der Waals surface area (Å²) in [5, 5.41) is 14.0. The van der Waals surface area contributed by atoms with Gasteiger partial charge in [-0.1, -0.05) is 62.2 Å². The molecule has 0 saturated heterocycles. The van der Waals surface area contributed by atoms with Crippen molar-refractivity contribution in [3.63, 3.8) is 0 Å². The molecule has 1 fully saturated rings. The summed E-state index contributed by atoms with van der Waals surface area (Å²) in [5.74, 6) is 1.34. The maximum atomic E-state index is 5.62. The third kappa shape index (κ3) is 4.24. The highest BCUT2D eigenvalue weighted by Crippen LogP contribution is 2.43. The van der Waals surface area contributed by atoms with Gasteiger partial charge >= 0.3 is 0 Å². The quantitative estimate of drug-likeness (QED) is 0.517. The van der Waals surface area contributed by atoms with E-state index in [0.717, 1.165) is 22.1 Å². The molecule has 0 aliphatic heterocycles. The van der Waals surface area contributed by atoms with Crippen LogP contribution in [0.2, 0.25) is 0 Å². The van der Waals surface area contributed by atoms with Crippen LogP contribution in [0.3, 0.4) is 0 Å². The highest BCUT2D eigenvalue weighted by atomic mass is 32.1. The van der Waals surface area contributed by atoms with Gasteiger partial charge in [0.25, 0.3) is 0 Å². The zero-order valence-corrected chi connectivity index (χ0v) is 17.8. The van der Waals surface area contributed by atoms with Crippen molar-refractivity contribution in [2.24, 2.45) is 0 Å². The van der Waals surface area contributed by atoms with Gasteiger partial charge in [0.1, 0.15) is 21.5 Å². The van der Waals surface area contributed by atoms with Crippen LogP contribution in [0, 0.1) is 0 Å². The number of nitrogens with zero attached hydrogens (tertiary/aromatic N) is 2. The Morgan fingerprint density at radius 2 is 1.74 bits per heavy atom. The first-order chi connectivity index (χ1) is 13.1. The lowest BCUT2D eigenvalue weighted by Gasteiger charge is -2.28. The van der Waals surface area contributed by atoms with E-state index < -0.39 is 0 Å². The molecule has 7 heteroatoms. The van der Waals surface area contributed by atoms with Crippen LogP contribution < -0.4 is 14.8 Å². The Bertz CT molecular complexity index is 761. The van der Waals surface area contributed by atoms with Crippen LogP contribution in [0.15, 0.2) is 18.2 Å². The minimum absolute atomic E-state index is 0.165. The van der Waals surface area contributed by atoms with Crippen LogP contribution in [0.1, 0.15) is 62.4 Å². The van der Waals surface area contributed by atoms with E-state index in [2.05, 4.69) is 22.4 Å². The SMILES string of the molecule is CCC1(c2nnc(NC(=S)c3c(OC)cccc3OC)s2)CCCCCC1. The summed E-state index contributed by atoms with van der Waals surface area (Å²) in [6, 6.07) is 5.62. The highest BCUT2D eigenvalue weighted by molar-refractivity contribution is 7.81. The molecular weight excluding hydrogens is 378 g/mol. The minimum atomic E-state index is 0.165. The highest BCUT2D eigenvalue weighted by Gasteiger charge is 2.34. The molecule has 1 aromatic carbocycles. The zero-order valence-electron chi connectivity index (χ0n) is 16.2. The molecule has 1 saturated carbocycles. The molecule has 0 spiro atoms. The molecule has 0 bridgehead atoms. The Morgan fingerprint density at radius 3 is 2.30 bits per heavy atom. The fourth-order valence-corrected chi connectivity index (χ4v) is 5.27. The molecule has 1 aliphatic rings. The zero-order chi connectivity index (χ0) is 19.3. The van der Waals surface area contributed by atoms with Gasteiger partial charge in [-0.2, -0.15) is 0 Å². The summed E-state index contributed by atoms with van der Waals surface area (Å²) in [7, 11) is 3.25. The van der Waals surface area contributed by atoms with Crippen LogP contribution >= 0.6 is 23.6 Å². The monoisotopic (exact) mass is 405 g/mol. The van der Waals surface area contributed by atoms with Gasteiger partial charge < -0.3 is 14.8 Å². The molecule has 5 nitrogen and oxygen atoms in total. The summed E-state index contributed by atoms with van der Waals surface area (Å²) < 4.78 is 10.9. The Kier molecular flexibility index (Phi) is 6.65. The van der Waals surface area contributed by atoms with Crippen LogP contribution in [0.25, 0.3) is 0 Å². The van der Waals surface area contributed by atoms with Crippen molar-refractivity contribution >= 4 is 33.7 Å². The lowest BCUT2D eigenvalue weighted by molar-refractivity contribution is 0.354. The molecule has 0 radical (unpaired) electrons. The fraction of sp³-hybridized carbons (Fsp3) is 0.550. The van der Waals surface area contributed by atoms with E-state index in [-0.39, 0.29) is 5.41 Å². The van der Waals surface area contributed by atoms with E-state index in [1.807, 2.05) is 18.2 Å². The van der Waals surface area contributed by atoms with Crippen molar-refractivity contribution < 1.29 is 9.47 Å². The van der Waals surface area contributed by atoms with Gasteiger partial charge in [-0.15, -0.1) is 10.2 Å². The van der Waals surface area contributed by atoms with Crippen molar-refractivity contribution in [1.29, 1.82) is 0 Å². The number of thiocarbonyl (C=S) groups is 1. The second-order valence-electron chi connectivity index (χ2n) is 6.95. The number of hydrogen-bond acceptors (Lipinski definition) is 6. The van der Waals surface area contributed by atoms with E-state index in [9.17, 15) is 0 Å². The Morgan fingerprint density at radius 1 is 1.11 bits per heavy atom. The normalized spacial score (nSPS) is 16.4. The summed E-state index contributed by atoms with van der Waals surface area (Å²) in [6.45, 7) is 2.27. The molecule has 1 aromatic heterocycles. The molecule has 27 heavy (non-hydrogen) atoms. The third-order valence-corrected chi connectivity index (χ3v) is 6.88. The van der Waals surface area contributed by atoms with Crippen molar-refractivity contribution in [3.8, 4) is 11.5 Å². The van der Waals surface area contributed by atoms with Crippen molar-refractivity contribution in [2.75, 3.05) is 19.5 Å². The van der Waals surface area contributed by atoms with Crippen molar-refractivity contribution in [3.05, 3.63) is 28.8 Å². The molecule has 0 amide bonds. The first-order valence-corrected chi connectivity index (χ1v) is 10.7. The van der Waals surface area contributed by atoms with Crippen molar-refractivity contribution in [1.82, 2.24) is 10.2 Å². The van der Waals surface area contributed by atoms with E-state index in [1.165, 1.54) is 38.5 Å². The van der Waals surface area contributed by atoms with Gasteiger partial charge in [0.2, 0.25) is 5.13 Å². The lowest BCUT2D eigenvalue weighted by Crippen LogP contribution is -2.24. The van der Waals surface area contributed by atoms with E-state index >= 15 is 0 Å². The second-order valence-corrected chi connectivity index (χ2v) is 8.34. The van der Waals surface area contributed by atoms with E-state index in [4.69, 9.17) is 21.7 Å². The molecule has 0 atom stereocenters. The standard InChI is InChI=1S/C20H27N3O2S2/c1-4-20(12-7-5-6-8-13-20)18-22-23-19(27-18)21-17(26)16-14(24-2)10-9-11-15(16)25-3/h9-11H,4-8,12-13H2,1-3H3,(H,21,23,26). The summed E-state index contributed by atoms with van der Waals surface area (Å²) >= 11 is 7.24. The summed E-state index contributed by atoms with van der Waals surface area (Å²) in [6.07, 6.45) is 8.69. The topological polar surface area (TPSA) is 56.3 Å². The number of hydrogen-bond donors (Lipinski definition) is 1. The predicted octanol–water partition coefficient (Wildman–Crippen LogP) is 5.34.